The molecule has 6 nitrogen and oxygen atoms in total. The van der Waals surface area contributed by atoms with Gasteiger partial charge >= 0.3 is 155 Å². The molecule has 1 saturated heterocycles. The molecule has 0 aromatic rings. The van der Waals surface area contributed by atoms with Crippen LogP contribution < -0.4 is 26.5 Å². The Balaban J connectivity index is 1.88. The van der Waals surface area contributed by atoms with E-state index < -0.39 is 5.60 Å². The molecule has 0 spiro atoms. The van der Waals surface area contributed by atoms with Crippen LogP contribution in [0.25, 0.3) is 0 Å². The molecule has 0 aromatic heterocycles. The Morgan fingerprint density at radius 1 is 1.50 bits per heavy atom. The van der Waals surface area contributed by atoms with Gasteiger partial charge in [-0.05, 0) is 0 Å². The topological polar surface area (TPSA) is 60.0 Å². The maximum absolute atomic E-state index is 12.3. The molecule has 0 radical (unpaired) electrons. The first-order valence-corrected chi connectivity index (χ1v) is 11.0. The molecule has 2 aliphatic rings. The van der Waals surface area contributed by atoms with E-state index in [1.54, 1.807) is 4.90 Å². The van der Waals surface area contributed by atoms with Crippen molar-refractivity contribution in [3.63, 3.8) is 0 Å². The summed E-state index contributed by atoms with van der Waals surface area (Å²) in [5.74, 6) is 0.789. The molecule has 2 aliphatic heterocycles. The van der Waals surface area contributed by atoms with E-state index >= 15 is 0 Å². The Bertz CT molecular complexity index is 499. The molecule has 1 amide bonds. The number of nitrogens with zero attached hydrogens (tertiary/aromatic N) is 1. The molecule has 1 unspecified atom stereocenters. The molecule has 138 valence electrons. The van der Waals surface area contributed by atoms with Gasteiger partial charge in [-0.15, -0.1) is 0 Å². The van der Waals surface area contributed by atoms with E-state index in [-0.39, 0.29) is 33.4 Å². The number of carbonyl (C=O) groups excluding carboxylic acids is 1. The van der Waals surface area contributed by atoms with Crippen LogP contribution >= 0.6 is 0 Å². The second-order valence-corrected chi connectivity index (χ2v) is 9.18. The number of allylic oxidation sites excluding steroid dienone is 2. The normalized spacial score (nSPS) is 22.8. The Kier molecular flexibility index (Phi) is 7.21. The third-order valence-electron chi connectivity index (χ3n) is 3.35. The van der Waals surface area contributed by atoms with Crippen molar-refractivity contribution >= 4 is 6.09 Å². The van der Waals surface area contributed by atoms with Crippen LogP contribution in [-0.4, -0.2) is 53.6 Å². The number of alkyl halides is 1. The van der Waals surface area contributed by atoms with E-state index in [1.165, 1.54) is 5.57 Å². The molecule has 0 bridgehead atoms. The van der Waals surface area contributed by atoms with Gasteiger partial charge in [-0.3, -0.25) is 0 Å². The Labute approximate surface area is 154 Å². The van der Waals surface area contributed by atoms with E-state index in [0.717, 1.165) is 16.9 Å². The van der Waals surface area contributed by atoms with Crippen LogP contribution in [0.3, 0.4) is 0 Å². The summed E-state index contributed by atoms with van der Waals surface area (Å²) in [6.07, 6.45) is 2.40. The quantitative estimate of drug-likeness (QED) is 0.354. The molecule has 2 rings (SSSR count). The van der Waals surface area contributed by atoms with Crippen molar-refractivity contribution in [3.05, 3.63) is 21.6 Å². The van der Waals surface area contributed by atoms with Gasteiger partial charge in [-0.2, -0.15) is 0 Å². The number of rotatable bonds is 3. The fourth-order valence-corrected chi connectivity index (χ4v) is 4.01. The van der Waals surface area contributed by atoms with E-state index in [0.29, 0.717) is 26.3 Å². The number of hydrogen-bond acceptors (Lipinski definition) is 5. The number of hydrogen-bond donors (Lipinski definition) is 1. The summed E-state index contributed by atoms with van der Waals surface area (Å²) in [4.78, 5) is 14.0. The Morgan fingerprint density at radius 2 is 2.29 bits per heavy atom. The molecular weight excluding hydrogens is 423 g/mol. The van der Waals surface area contributed by atoms with Crippen LogP contribution in [0.4, 0.5) is 4.79 Å². The molecule has 24 heavy (non-hydrogen) atoms. The summed E-state index contributed by atoms with van der Waals surface area (Å²) in [7, 11) is 0. The van der Waals surface area contributed by atoms with E-state index in [4.69, 9.17) is 14.2 Å². The van der Waals surface area contributed by atoms with Gasteiger partial charge in [0.15, 0.2) is 0 Å². The first kappa shape index (κ1) is 19.4. The van der Waals surface area contributed by atoms with Gasteiger partial charge < -0.3 is 0 Å². The van der Waals surface area contributed by atoms with Crippen molar-refractivity contribution in [1.82, 2.24) is 10.2 Å². The minimum atomic E-state index is -0.488. The third-order valence-corrected chi connectivity index (χ3v) is 5.60. The number of nitrogens with one attached hydrogen (secondary N) is 1. The van der Waals surface area contributed by atoms with Gasteiger partial charge in [-0.25, -0.2) is 0 Å². The molecule has 0 saturated carbocycles. The first-order valence-electron chi connectivity index (χ1n) is 8.26. The van der Waals surface area contributed by atoms with E-state index in [1.807, 2.05) is 26.8 Å². The van der Waals surface area contributed by atoms with Gasteiger partial charge in [-0.1, -0.05) is 0 Å². The summed E-state index contributed by atoms with van der Waals surface area (Å²) >= 11 is 0.0526. The predicted octanol–water partition coefficient (Wildman–Crippen LogP) is -0.576. The molecule has 1 N–H and O–H groups in total. The Hall–Kier alpha value is -0.960. The summed E-state index contributed by atoms with van der Waals surface area (Å²) in [6.45, 7) is 9.91. The summed E-state index contributed by atoms with van der Waals surface area (Å²) in [5, 5.41) is 3.31. The number of halogens is 1. The number of ether oxygens (including phenoxy) is 3. The Morgan fingerprint density at radius 3 is 3.04 bits per heavy atom. The molecular formula is C17H28IN2O4-. The van der Waals surface area contributed by atoms with E-state index in [2.05, 4.69) is 16.3 Å². The van der Waals surface area contributed by atoms with Crippen molar-refractivity contribution in [2.24, 2.45) is 0 Å². The third kappa shape index (κ3) is 6.88. The van der Waals surface area contributed by atoms with Crippen molar-refractivity contribution in [2.75, 3.05) is 30.9 Å². The monoisotopic (exact) mass is 451 g/mol. The standard InChI is InChI=1S/C17H28IN2O4/c1-13-8-15(19-12-18-9-13)23-11-14-10-20(6-5-7-22-14)16(21)24-17(2,3)4/h8-9,14,19H,5-7,10-12H2,1-4H3/q-1. The van der Waals surface area contributed by atoms with Crippen LogP contribution in [-0.2, 0) is 14.2 Å². The second-order valence-electron chi connectivity index (χ2n) is 6.91. The molecule has 2 heterocycles. The minimum absolute atomic E-state index is 0.0526. The van der Waals surface area contributed by atoms with Crippen LogP contribution in [0, 0.1) is 0 Å². The molecule has 0 aliphatic carbocycles. The summed E-state index contributed by atoms with van der Waals surface area (Å²) in [6, 6.07) is 0. The number of carbonyl (C=O) groups is 1. The molecule has 1 atom stereocenters. The average molecular weight is 451 g/mol. The molecule has 0 aromatic carbocycles. The van der Waals surface area contributed by atoms with Gasteiger partial charge in [0, 0.05) is 0 Å². The zero-order valence-electron chi connectivity index (χ0n) is 14.9. The molecule has 1 fully saturated rings. The predicted molar refractivity (Wildman–Crippen MR) is 88.0 cm³/mol. The van der Waals surface area contributed by atoms with Gasteiger partial charge in [0.1, 0.15) is 0 Å². The van der Waals surface area contributed by atoms with Gasteiger partial charge in [0.05, 0.1) is 0 Å². The fraction of sp³-hybridized carbons (Fsp3) is 0.706. The fourth-order valence-electron chi connectivity index (χ4n) is 2.32. The van der Waals surface area contributed by atoms with Gasteiger partial charge in [0.25, 0.3) is 0 Å². The van der Waals surface area contributed by atoms with Crippen molar-refractivity contribution in [3.8, 4) is 0 Å². The average Bonchev–Trinajstić information content (AvgIpc) is 2.83. The second kappa shape index (κ2) is 8.94. The maximum atomic E-state index is 12.3. The van der Waals surface area contributed by atoms with Crippen LogP contribution in [0.5, 0.6) is 0 Å². The SMILES string of the molecule is CC1=C[I-]CNC(OCC2CN(C(=O)OC(C)(C)C)CCCO2)=C1. The van der Waals surface area contributed by atoms with Crippen LogP contribution in [0.15, 0.2) is 21.6 Å². The van der Waals surface area contributed by atoms with Crippen molar-refractivity contribution in [2.45, 2.75) is 45.8 Å². The van der Waals surface area contributed by atoms with Crippen molar-refractivity contribution < 1.29 is 40.2 Å². The molecule has 7 heteroatoms. The summed E-state index contributed by atoms with van der Waals surface area (Å²) in [5.41, 5.74) is 0.748. The van der Waals surface area contributed by atoms with Gasteiger partial charge in [0.2, 0.25) is 0 Å². The van der Waals surface area contributed by atoms with E-state index in [9.17, 15) is 4.79 Å². The number of amides is 1. The first-order chi connectivity index (χ1) is 11.3. The van der Waals surface area contributed by atoms with Crippen molar-refractivity contribution in [1.29, 1.82) is 0 Å². The zero-order chi connectivity index (χ0) is 17.6. The zero-order valence-corrected chi connectivity index (χ0v) is 17.1. The van der Waals surface area contributed by atoms with Crippen LogP contribution in [0.1, 0.15) is 34.1 Å². The van der Waals surface area contributed by atoms with Crippen LogP contribution in [0.2, 0.25) is 0 Å². The summed E-state index contributed by atoms with van der Waals surface area (Å²) < 4.78 is 20.4.